The van der Waals surface area contributed by atoms with Crippen LogP contribution in [0.1, 0.15) is 8.22 Å². The lowest BCUT2D eigenvalue weighted by molar-refractivity contribution is 1.31. The summed E-state index contributed by atoms with van der Waals surface area (Å²) in [5.41, 5.74) is -0.977. The maximum absolute atomic E-state index is 11.3. The summed E-state index contributed by atoms with van der Waals surface area (Å²) in [6.45, 7) is 0. The Labute approximate surface area is 71.9 Å². The molecule has 0 aliphatic heterocycles. The van der Waals surface area contributed by atoms with Gasteiger partial charge in [-0.05, 0) is 17.5 Å². The van der Waals surface area contributed by atoms with E-state index in [9.17, 15) is 4.79 Å². The quantitative estimate of drug-likeness (QED) is 0.608. The maximum atomic E-state index is 11.3. The molecular formula is C9H7NO. The van der Waals surface area contributed by atoms with E-state index < -0.39 is 41.8 Å². The molecule has 0 spiro atoms. The van der Waals surface area contributed by atoms with Crippen molar-refractivity contribution in [3.05, 3.63) is 46.6 Å². The molecule has 0 saturated heterocycles. The first-order valence-electron chi connectivity index (χ1n) is 5.95. The molecule has 0 aliphatic carbocycles. The minimum Gasteiger partial charge on any atom is -0.322 e. The van der Waals surface area contributed by atoms with Crippen molar-refractivity contribution in [1.82, 2.24) is 4.98 Å². The van der Waals surface area contributed by atoms with Crippen LogP contribution in [0.4, 0.5) is 0 Å². The maximum Gasteiger partial charge on any atom is 0.248 e. The van der Waals surface area contributed by atoms with E-state index in [1.165, 1.54) is 0 Å². The molecule has 1 heterocycles. The van der Waals surface area contributed by atoms with Gasteiger partial charge >= 0.3 is 0 Å². The fourth-order valence-corrected chi connectivity index (χ4v) is 0.764. The molecule has 0 radical (unpaired) electrons. The van der Waals surface area contributed by atoms with Gasteiger partial charge in [0.25, 0.3) is 0 Å². The first-order valence-corrected chi connectivity index (χ1v) is 2.95. The Hall–Kier alpha value is -1.57. The van der Waals surface area contributed by atoms with Gasteiger partial charge in [0.2, 0.25) is 5.56 Å². The van der Waals surface area contributed by atoms with Gasteiger partial charge in [0.15, 0.2) is 0 Å². The van der Waals surface area contributed by atoms with E-state index in [1.807, 2.05) is 0 Å². The molecule has 11 heavy (non-hydrogen) atoms. The van der Waals surface area contributed by atoms with E-state index in [2.05, 4.69) is 4.98 Å². The SMILES string of the molecule is [2H]c1c([2H])c([2H])c2c([2H])c([2H])c(=O)[nH]c2c1[2H]. The molecule has 2 nitrogen and oxygen atoms in total. The van der Waals surface area contributed by atoms with Crippen LogP contribution in [0, 0.1) is 0 Å². The van der Waals surface area contributed by atoms with Crippen molar-refractivity contribution in [1.29, 1.82) is 0 Å². The first-order chi connectivity index (χ1) is 7.86. The molecule has 2 aromatic rings. The molecule has 54 valence electrons. The highest BCUT2D eigenvalue weighted by Crippen LogP contribution is 2.06. The molecular weight excluding hydrogens is 138 g/mol. The Kier molecular flexibility index (Phi) is 0.504. The number of nitrogens with one attached hydrogen (secondary N) is 1. The second-order valence-electron chi connectivity index (χ2n) is 1.95. The average molecular weight is 151 g/mol. The van der Waals surface area contributed by atoms with Crippen LogP contribution < -0.4 is 5.56 Å². The number of fused-ring (bicyclic) bond motifs is 1. The number of para-hydroxylation sites is 1. The summed E-state index contributed by atoms with van der Waals surface area (Å²) >= 11 is 0. The summed E-state index contributed by atoms with van der Waals surface area (Å²) in [4.78, 5) is 13.5. The van der Waals surface area contributed by atoms with Gasteiger partial charge in [-0.1, -0.05) is 18.1 Å². The number of hydrogen-bond donors (Lipinski definition) is 1. The van der Waals surface area contributed by atoms with Crippen LogP contribution in [0.3, 0.4) is 0 Å². The standard InChI is InChI=1S/C9H7NO/c11-9-6-5-7-3-1-2-4-8(7)10-9/h1-6H,(H,10,11)/i1D,2D,3D,4D,5D,6D. The molecule has 0 atom stereocenters. The van der Waals surface area contributed by atoms with Crippen LogP contribution in [-0.4, -0.2) is 4.98 Å². The summed E-state index contributed by atoms with van der Waals surface area (Å²) in [6.07, 6.45) is 0. The van der Waals surface area contributed by atoms with Crippen molar-refractivity contribution in [3.63, 3.8) is 0 Å². The first kappa shape index (κ1) is 2.48. The number of aromatic nitrogens is 1. The van der Waals surface area contributed by atoms with Crippen LogP contribution in [0.2, 0.25) is 0 Å². The Balaban J connectivity index is 3.18. The average Bonchev–Trinajstić information content (AvgIpc) is 2.30. The predicted octanol–water partition coefficient (Wildman–Crippen LogP) is 1.53. The minimum atomic E-state index is -0.840. The number of aromatic amines is 1. The van der Waals surface area contributed by atoms with E-state index in [-0.39, 0.29) is 10.9 Å². The van der Waals surface area contributed by atoms with Gasteiger partial charge in [-0.25, -0.2) is 0 Å². The molecule has 2 heteroatoms. The van der Waals surface area contributed by atoms with Crippen LogP contribution in [0.5, 0.6) is 0 Å². The van der Waals surface area contributed by atoms with Crippen molar-refractivity contribution in [3.8, 4) is 0 Å². The Morgan fingerprint density at radius 1 is 1.18 bits per heavy atom. The number of benzene rings is 1. The molecule has 1 N–H and O–H groups in total. The molecule has 0 unspecified atom stereocenters. The highest BCUT2D eigenvalue weighted by atomic mass is 16.1. The monoisotopic (exact) mass is 151 g/mol. The van der Waals surface area contributed by atoms with Crippen molar-refractivity contribution >= 4 is 10.9 Å². The topological polar surface area (TPSA) is 32.9 Å². The van der Waals surface area contributed by atoms with Gasteiger partial charge in [-0.15, -0.1) is 0 Å². The van der Waals surface area contributed by atoms with E-state index >= 15 is 0 Å². The van der Waals surface area contributed by atoms with Crippen LogP contribution in [0.25, 0.3) is 10.9 Å². The lowest BCUT2D eigenvalue weighted by atomic mass is 10.2. The molecule has 1 aromatic heterocycles. The van der Waals surface area contributed by atoms with Gasteiger partial charge in [0, 0.05) is 11.6 Å². The third-order valence-corrected chi connectivity index (χ3v) is 1.23. The lowest BCUT2D eigenvalue weighted by Gasteiger charge is -1.93. The predicted molar refractivity (Wildman–Crippen MR) is 44.6 cm³/mol. The fraction of sp³-hybridized carbons (Fsp3) is 0. The van der Waals surface area contributed by atoms with Crippen LogP contribution in [-0.2, 0) is 0 Å². The molecule has 0 aliphatic rings. The van der Waals surface area contributed by atoms with E-state index in [1.54, 1.807) is 0 Å². The Morgan fingerprint density at radius 2 is 2.00 bits per heavy atom. The van der Waals surface area contributed by atoms with Gasteiger partial charge in [-0.2, -0.15) is 0 Å². The normalized spacial score (nSPS) is 17.8. The molecule has 1 aromatic carbocycles. The van der Waals surface area contributed by atoms with Gasteiger partial charge in [0.05, 0.1) is 8.22 Å². The third-order valence-electron chi connectivity index (χ3n) is 1.23. The second kappa shape index (κ2) is 2.23. The fourth-order valence-electron chi connectivity index (χ4n) is 0.764. The molecule has 2 rings (SSSR count). The zero-order chi connectivity index (χ0) is 12.9. The summed E-state index contributed by atoms with van der Waals surface area (Å²) in [7, 11) is 0. The third kappa shape index (κ3) is 1.03. The minimum absolute atomic E-state index is 0.137. The van der Waals surface area contributed by atoms with E-state index in [4.69, 9.17) is 8.22 Å². The lowest BCUT2D eigenvalue weighted by Crippen LogP contribution is -2.01. The second-order valence-corrected chi connectivity index (χ2v) is 1.95. The van der Waals surface area contributed by atoms with Crippen molar-refractivity contribution in [2.75, 3.05) is 0 Å². The molecule has 0 fully saturated rings. The zero-order valence-corrected chi connectivity index (χ0v) is 5.41. The van der Waals surface area contributed by atoms with Gasteiger partial charge < -0.3 is 4.98 Å². The number of pyridine rings is 1. The number of rotatable bonds is 0. The molecule has 0 amide bonds. The number of H-pyrrole nitrogens is 1. The van der Waals surface area contributed by atoms with Gasteiger partial charge in [-0.3, -0.25) is 4.79 Å². The zero-order valence-electron chi connectivity index (χ0n) is 11.4. The van der Waals surface area contributed by atoms with E-state index in [0.29, 0.717) is 0 Å². The van der Waals surface area contributed by atoms with Crippen LogP contribution in [0.15, 0.2) is 41.0 Å². The van der Waals surface area contributed by atoms with Crippen molar-refractivity contribution in [2.24, 2.45) is 0 Å². The van der Waals surface area contributed by atoms with E-state index in [0.717, 1.165) is 0 Å². The smallest absolute Gasteiger partial charge is 0.248 e. The largest absolute Gasteiger partial charge is 0.322 e. The summed E-state index contributed by atoms with van der Waals surface area (Å²) in [6, 6.07) is -2.89. The van der Waals surface area contributed by atoms with Gasteiger partial charge in [0.1, 0.15) is 0 Å². The Bertz CT molecular complexity index is 692. The highest BCUT2D eigenvalue weighted by Gasteiger charge is 1.89. The summed E-state index contributed by atoms with van der Waals surface area (Å²) < 4.78 is 45.0. The summed E-state index contributed by atoms with van der Waals surface area (Å²) in [5, 5.41) is -0.138. The summed E-state index contributed by atoms with van der Waals surface area (Å²) in [5.74, 6) is 0. The Morgan fingerprint density at radius 3 is 2.91 bits per heavy atom. The van der Waals surface area contributed by atoms with Crippen molar-refractivity contribution in [2.45, 2.75) is 0 Å². The highest BCUT2D eigenvalue weighted by molar-refractivity contribution is 5.77. The molecule has 0 bridgehead atoms. The van der Waals surface area contributed by atoms with Crippen molar-refractivity contribution < 1.29 is 8.22 Å². The van der Waals surface area contributed by atoms with Crippen LogP contribution >= 0.6 is 0 Å². The number of hydrogen-bond acceptors (Lipinski definition) is 1. The molecule has 0 saturated carbocycles.